The molecule has 2 aromatic carbocycles. The first kappa shape index (κ1) is 20.9. The lowest BCUT2D eigenvalue weighted by molar-refractivity contribution is 0.209. The first-order valence-electron chi connectivity index (χ1n) is 9.35. The van der Waals surface area contributed by atoms with Crippen molar-refractivity contribution in [2.75, 3.05) is 38.0 Å². The zero-order valence-electron chi connectivity index (χ0n) is 16.2. The van der Waals surface area contributed by atoms with Crippen LogP contribution >= 0.6 is 0 Å². The first-order chi connectivity index (χ1) is 14.2. The zero-order valence-corrected chi connectivity index (χ0v) is 17.9. The summed E-state index contributed by atoms with van der Waals surface area (Å²) in [4.78, 5) is 1.72. The normalized spacial score (nSPS) is 19.6. The second-order valence-electron chi connectivity index (χ2n) is 7.25. The summed E-state index contributed by atoms with van der Waals surface area (Å²) >= 11 is 0. The fourth-order valence-corrected chi connectivity index (χ4v) is 6.23. The molecule has 0 unspecified atom stereocenters. The van der Waals surface area contributed by atoms with Crippen LogP contribution < -0.4 is 5.32 Å². The molecule has 0 saturated carbocycles. The van der Waals surface area contributed by atoms with Gasteiger partial charge in [0, 0.05) is 26.2 Å². The molecule has 4 rings (SSSR count). The van der Waals surface area contributed by atoms with Crippen LogP contribution in [0.5, 0.6) is 0 Å². The molecule has 0 radical (unpaired) electrons. The van der Waals surface area contributed by atoms with E-state index < -0.39 is 25.9 Å². The highest BCUT2D eigenvalue weighted by atomic mass is 32.2. The second kappa shape index (κ2) is 7.73. The van der Waals surface area contributed by atoms with E-state index in [1.807, 2.05) is 17.9 Å². The second-order valence-corrected chi connectivity index (χ2v) is 10.7. The highest BCUT2D eigenvalue weighted by Gasteiger charge is 2.32. The van der Waals surface area contributed by atoms with Gasteiger partial charge in [0.05, 0.1) is 12.2 Å². The minimum Gasteiger partial charge on any atom is -0.341 e. The van der Waals surface area contributed by atoms with Gasteiger partial charge < -0.3 is 5.32 Å². The number of halogens is 1. The summed E-state index contributed by atoms with van der Waals surface area (Å²) in [7, 11) is -7.71. The molecule has 0 spiro atoms. The van der Waals surface area contributed by atoms with Crippen LogP contribution in [-0.4, -0.2) is 64.6 Å². The van der Waals surface area contributed by atoms with Gasteiger partial charge in [-0.3, -0.25) is 4.90 Å². The number of hydrogen-bond acceptors (Lipinski definition) is 6. The number of hydrogen-bond donors (Lipinski definition) is 1. The standard InChI is InChI=1S/C19H21FN4O4S2/c1-14-6-7-16-18(12-14)29(25,26)22-19(21-16)13-23-8-10-24(11-9-23)30(27,28)17-5-3-2-4-15(17)20/h2-7,12H,8-11,13H2,1H3,(H,21,22). The van der Waals surface area contributed by atoms with E-state index in [2.05, 4.69) is 9.71 Å². The molecule has 30 heavy (non-hydrogen) atoms. The minimum atomic E-state index is -3.92. The number of sulfonamides is 2. The summed E-state index contributed by atoms with van der Waals surface area (Å²) in [5.41, 5.74) is 1.30. The van der Waals surface area contributed by atoms with Crippen molar-refractivity contribution < 1.29 is 21.2 Å². The largest absolute Gasteiger partial charge is 0.341 e. The molecule has 0 bridgehead atoms. The predicted octanol–water partition coefficient (Wildman–Crippen LogP) is 1.65. The number of nitrogens with one attached hydrogen (secondary N) is 1. The maximum absolute atomic E-state index is 13.9. The van der Waals surface area contributed by atoms with Crippen molar-refractivity contribution in [2.45, 2.75) is 16.7 Å². The van der Waals surface area contributed by atoms with E-state index in [-0.39, 0.29) is 35.3 Å². The lowest BCUT2D eigenvalue weighted by atomic mass is 10.2. The Hall–Kier alpha value is -2.34. The molecule has 0 aromatic heterocycles. The maximum atomic E-state index is 13.9. The number of amidine groups is 1. The third-order valence-corrected chi connectivity index (χ3v) is 8.37. The molecule has 1 N–H and O–H groups in total. The molecule has 0 amide bonds. The lowest BCUT2D eigenvalue weighted by Crippen LogP contribution is -2.50. The Morgan fingerprint density at radius 3 is 2.50 bits per heavy atom. The Bertz CT molecular complexity index is 1220. The van der Waals surface area contributed by atoms with E-state index in [1.165, 1.54) is 22.5 Å². The van der Waals surface area contributed by atoms with Gasteiger partial charge >= 0.3 is 0 Å². The number of anilines is 1. The monoisotopic (exact) mass is 452 g/mol. The highest BCUT2D eigenvalue weighted by molar-refractivity contribution is 7.90. The molecule has 0 atom stereocenters. The number of benzene rings is 2. The molecule has 11 heteroatoms. The Balaban J connectivity index is 1.44. The van der Waals surface area contributed by atoms with E-state index in [0.29, 0.717) is 18.8 Å². The number of nitrogens with zero attached hydrogens (tertiary/aromatic N) is 3. The van der Waals surface area contributed by atoms with Crippen LogP contribution in [0.1, 0.15) is 5.56 Å². The summed E-state index contributed by atoms with van der Waals surface area (Å²) < 4.78 is 69.4. The summed E-state index contributed by atoms with van der Waals surface area (Å²) in [5.74, 6) is -0.489. The van der Waals surface area contributed by atoms with Gasteiger partial charge in [-0.1, -0.05) is 18.2 Å². The number of aryl methyl sites for hydroxylation is 1. The van der Waals surface area contributed by atoms with Crippen LogP contribution in [0, 0.1) is 12.7 Å². The topological polar surface area (TPSA) is 99.2 Å². The zero-order chi connectivity index (χ0) is 21.5. The Labute approximate surface area is 175 Å². The summed E-state index contributed by atoms with van der Waals surface area (Å²) in [6, 6.07) is 10.4. The fourth-order valence-electron chi connectivity index (χ4n) is 3.52. The minimum absolute atomic E-state index is 0.145. The Kier molecular flexibility index (Phi) is 5.39. The van der Waals surface area contributed by atoms with Crippen molar-refractivity contribution in [3.63, 3.8) is 0 Å². The van der Waals surface area contributed by atoms with Crippen molar-refractivity contribution in [1.29, 1.82) is 0 Å². The quantitative estimate of drug-likeness (QED) is 0.758. The summed E-state index contributed by atoms with van der Waals surface area (Å²) in [6.45, 7) is 3.13. The van der Waals surface area contributed by atoms with Gasteiger partial charge in [-0.2, -0.15) is 12.7 Å². The van der Waals surface area contributed by atoms with Crippen LogP contribution in [-0.2, 0) is 20.0 Å². The van der Waals surface area contributed by atoms with Gasteiger partial charge in [0.15, 0.2) is 0 Å². The van der Waals surface area contributed by atoms with E-state index >= 15 is 0 Å². The molecule has 2 heterocycles. The molecule has 1 fully saturated rings. The highest BCUT2D eigenvalue weighted by Crippen LogP contribution is 2.28. The van der Waals surface area contributed by atoms with Gasteiger partial charge in [0.1, 0.15) is 21.4 Å². The van der Waals surface area contributed by atoms with Crippen LogP contribution in [0.4, 0.5) is 10.1 Å². The van der Waals surface area contributed by atoms with Crippen molar-refractivity contribution >= 4 is 31.6 Å². The van der Waals surface area contributed by atoms with E-state index in [4.69, 9.17) is 0 Å². The van der Waals surface area contributed by atoms with Gasteiger partial charge in [-0.25, -0.2) is 12.8 Å². The van der Waals surface area contributed by atoms with Crippen molar-refractivity contribution in [1.82, 2.24) is 9.21 Å². The fraction of sp³-hybridized carbons (Fsp3) is 0.316. The van der Waals surface area contributed by atoms with Crippen LogP contribution in [0.2, 0.25) is 0 Å². The van der Waals surface area contributed by atoms with E-state index in [1.54, 1.807) is 12.1 Å². The van der Waals surface area contributed by atoms with Gasteiger partial charge in [0.2, 0.25) is 10.0 Å². The van der Waals surface area contributed by atoms with Crippen molar-refractivity contribution in [3.05, 3.63) is 53.8 Å². The third kappa shape index (κ3) is 3.97. The SMILES string of the molecule is Cc1ccc2c(c1)S(=O)(=O)N=C(CN1CCN(S(=O)(=O)c3ccccc3F)CC1)N2. The average molecular weight is 453 g/mol. The van der Waals surface area contributed by atoms with Crippen molar-refractivity contribution in [3.8, 4) is 0 Å². The molecule has 8 nitrogen and oxygen atoms in total. The Morgan fingerprint density at radius 1 is 1.10 bits per heavy atom. The molecule has 2 aromatic rings. The molecule has 1 saturated heterocycles. The summed E-state index contributed by atoms with van der Waals surface area (Å²) in [5, 5.41) is 3.05. The molecular formula is C19H21FN4O4S2. The molecular weight excluding hydrogens is 431 g/mol. The van der Waals surface area contributed by atoms with Crippen LogP contribution in [0.15, 0.2) is 56.7 Å². The number of piperazine rings is 1. The van der Waals surface area contributed by atoms with Crippen LogP contribution in [0.3, 0.4) is 0 Å². The van der Waals surface area contributed by atoms with E-state index in [0.717, 1.165) is 11.6 Å². The van der Waals surface area contributed by atoms with Gasteiger partial charge in [-0.15, -0.1) is 4.40 Å². The summed E-state index contributed by atoms with van der Waals surface area (Å²) in [6.07, 6.45) is 0. The van der Waals surface area contributed by atoms with Crippen molar-refractivity contribution in [2.24, 2.45) is 4.40 Å². The predicted molar refractivity (Wildman–Crippen MR) is 111 cm³/mol. The first-order valence-corrected chi connectivity index (χ1v) is 12.2. The average Bonchev–Trinajstić information content (AvgIpc) is 2.69. The van der Waals surface area contributed by atoms with Gasteiger partial charge in [0.25, 0.3) is 10.0 Å². The lowest BCUT2D eigenvalue weighted by Gasteiger charge is -2.34. The third-order valence-electron chi connectivity index (χ3n) is 5.08. The Morgan fingerprint density at radius 2 is 1.80 bits per heavy atom. The molecule has 2 aliphatic rings. The molecule has 2 aliphatic heterocycles. The van der Waals surface area contributed by atoms with Gasteiger partial charge in [-0.05, 0) is 36.8 Å². The molecule has 160 valence electrons. The maximum Gasteiger partial charge on any atom is 0.286 e. The molecule has 0 aliphatic carbocycles. The van der Waals surface area contributed by atoms with E-state index in [9.17, 15) is 21.2 Å². The van der Waals surface area contributed by atoms with Crippen LogP contribution in [0.25, 0.3) is 0 Å². The smallest absolute Gasteiger partial charge is 0.286 e. The number of rotatable bonds is 4. The number of fused-ring (bicyclic) bond motifs is 1.